The van der Waals surface area contributed by atoms with E-state index in [1.54, 1.807) is 6.20 Å². The summed E-state index contributed by atoms with van der Waals surface area (Å²) < 4.78 is 16.8. The van der Waals surface area contributed by atoms with E-state index >= 15 is 4.79 Å². The Morgan fingerprint density at radius 2 is 1.59 bits per heavy atom. The summed E-state index contributed by atoms with van der Waals surface area (Å²) in [4.78, 5) is 93.1. The third-order valence-corrected chi connectivity index (χ3v) is 18.3. The average molecular weight is 996 g/mol. The van der Waals surface area contributed by atoms with E-state index in [1.807, 2.05) is 28.3 Å². The number of halogens is 1. The van der Waals surface area contributed by atoms with Crippen LogP contribution in [-0.2, 0) is 29.4 Å². The zero-order chi connectivity index (χ0) is 50.3. The maximum Gasteiger partial charge on any atom is 0.238 e. The fourth-order valence-electron chi connectivity index (χ4n) is 13.4. The normalized spacial score (nSPS) is 26.6. The maximum atomic E-state index is 15.3. The Hall–Kier alpha value is -5.97. The van der Waals surface area contributed by atoms with Gasteiger partial charge in [-0.15, -0.1) is 0 Å². The van der Waals surface area contributed by atoms with Crippen LogP contribution < -0.4 is 20.4 Å². The van der Waals surface area contributed by atoms with Crippen molar-refractivity contribution in [2.45, 2.75) is 152 Å². The molecule has 9 heterocycles. The number of amides is 5. The molecule has 16 nitrogen and oxygen atoms in total. The van der Waals surface area contributed by atoms with Gasteiger partial charge in [0.25, 0.3) is 0 Å². The van der Waals surface area contributed by atoms with Gasteiger partial charge in [-0.3, -0.25) is 34.2 Å². The highest BCUT2D eigenvalue weighted by atomic mass is 19.1. The highest BCUT2D eigenvalue weighted by molar-refractivity contribution is 6.09. The largest absolute Gasteiger partial charge is 0.366 e. The van der Waals surface area contributed by atoms with Crippen LogP contribution in [0.3, 0.4) is 0 Å². The number of rotatable bonds is 10. The lowest BCUT2D eigenvalue weighted by Crippen LogP contribution is -2.59. The molecule has 73 heavy (non-hydrogen) atoms. The second-order valence-corrected chi connectivity index (χ2v) is 23.3. The molecule has 0 radical (unpaired) electrons. The SMILES string of the molecule is CC(C)n1cnc2cc(-c3ccc4c(c3)N(C3CC(N5CCC[C@@H](F)C5)C3)C(=O)C43CCN(C(=O)C4(C)CCN(C(=O)C5CCN(c6ccc([C@H]7CCC(=O)NC7=O)cn6)CC5)CC4)CC3)nc(NC3CC3)c21. The lowest BCUT2D eigenvalue weighted by atomic mass is 9.72. The van der Waals surface area contributed by atoms with Gasteiger partial charge in [-0.2, -0.15) is 0 Å². The highest BCUT2D eigenvalue weighted by Crippen LogP contribution is 2.53. The van der Waals surface area contributed by atoms with Gasteiger partial charge >= 0.3 is 0 Å². The van der Waals surface area contributed by atoms with Crippen molar-refractivity contribution in [1.29, 1.82) is 0 Å². The summed E-state index contributed by atoms with van der Waals surface area (Å²) in [7, 11) is 0. The monoisotopic (exact) mass is 996 g/mol. The fourth-order valence-corrected chi connectivity index (χ4v) is 13.4. The molecule has 12 rings (SSSR count). The van der Waals surface area contributed by atoms with Gasteiger partial charge in [0.2, 0.25) is 29.5 Å². The lowest BCUT2D eigenvalue weighted by Gasteiger charge is -2.49. The van der Waals surface area contributed by atoms with E-state index in [4.69, 9.17) is 9.97 Å². The summed E-state index contributed by atoms with van der Waals surface area (Å²) in [5.74, 6) is 1.08. The molecule has 3 aromatic heterocycles. The van der Waals surface area contributed by atoms with Crippen LogP contribution in [0.15, 0.2) is 48.9 Å². The molecule has 1 aromatic carbocycles. The molecule has 7 fully saturated rings. The first-order valence-electron chi connectivity index (χ1n) is 27.4. The van der Waals surface area contributed by atoms with Crippen molar-refractivity contribution in [2.24, 2.45) is 11.3 Å². The van der Waals surface area contributed by atoms with E-state index in [1.165, 1.54) is 0 Å². The molecule has 5 amide bonds. The molecule has 4 aromatic rings. The number of alkyl halides is 1. The molecule has 8 aliphatic rings. The van der Waals surface area contributed by atoms with Crippen LogP contribution >= 0.6 is 0 Å². The van der Waals surface area contributed by atoms with Gasteiger partial charge in [-0.1, -0.05) is 25.1 Å². The van der Waals surface area contributed by atoms with Crippen LogP contribution in [0.4, 0.5) is 21.7 Å². The average Bonchev–Trinajstić information content (AvgIpc) is 4.05. The number of fused-ring (bicyclic) bond motifs is 3. The summed E-state index contributed by atoms with van der Waals surface area (Å²) in [6, 6.07) is 13.2. The second-order valence-electron chi connectivity index (χ2n) is 23.3. The number of hydrogen-bond donors (Lipinski definition) is 2. The third-order valence-electron chi connectivity index (χ3n) is 18.3. The Morgan fingerprint density at radius 3 is 2.27 bits per heavy atom. The number of likely N-dealkylation sites (tertiary alicyclic amines) is 3. The minimum absolute atomic E-state index is 0.0112. The minimum Gasteiger partial charge on any atom is -0.366 e. The molecule has 2 N–H and O–H groups in total. The van der Waals surface area contributed by atoms with Crippen LogP contribution in [0.5, 0.6) is 0 Å². The molecule has 0 bridgehead atoms. The number of imide groups is 1. The van der Waals surface area contributed by atoms with Gasteiger partial charge in [0.15, 0.2) is 5.82 Å². The lowest BCUT2D eigenvalue weighted by molar-refractivity contribution is -0.150. The highest BCUT2D eigenvalue weighted by Gasteiger charge is 2.57. The van der Waals surface area contributed by atoms with Crippen molar-refractivity contribution in [2.75, 3.05) is 67.5 Å². The standard InChI is InChI=1S/C56H70FN11O5/c1-34(2)67-33-59-45-30-44(61-50(49(45)67)60-39-8-9-39)36-6-11-43-46(27-36)68(41-28-40(29-41)66-20-4-5-38(57)32-66)54(73)56(43)18-25-65(26-19-56)53(72)55(3)16-23-64(24-17-55)52(71)35-14-21-63(22-15-35)47-12-7-37(31-58-47)42-10-13-48(69)62-51(42)70/h6-7,11-12,27,30-31,33-35,38-42H,4-5,8-10,13-26,28-29,32H2,1-3H3,(H,60,61)(H,62,69,70)/t38-,40?,41?,42-/m1/s1. The van der Waals surface area contributed by atoms with Gasteiger partial charge in [0.05, 0.1) is 28.9 Å². The van der Waals surface area contributed by atoms with E-state index in [2.05, 4.69) is 79.9 Å². The number of carbonyl (C=O) groups is 5. The Balaban J connectivity index is 0.708. The van der Waals surface area contributed by atoms with Crippen LogP contribution in [0.2, 0.25) is 0 Å². The number of benzene rings is 1. The molecule has 1 spiro atoms. The predicted molar refractivity (Wildman–Crippen MR) is 276 cm³/mol. The van der Waals surface area contributed by atoms with Crippen LogP contribution in [0.1, 0.15) is 134 Å². The molecule has 386 valence electrons. The molecule has 6 aliphatic heterocycles. The first-order valence-corrected chi connectivity index (χ1v) is 27.4. The van der Waals surface area contributed by atoms with E-state index in [9.17, 15) is 23.6 Å². The molecular weight excluding hydrogens is 926 g/mol. The Morgan fingerprint density at radius 1 is 0.836 bits per heavy atom. The van der Waals surface area contributed by atoms with Crippen LogP contribution in [-0.4, -0.2) is 140 Å². The third kappa shape index (κ3) is 8.74. The zero-order valence-corrected chi connectivity index (χ0v) is 42.7. The summed E-state index contributed by atoms with van der Waals surface area (Å²) >= 11 is 0. The van der Waals surface area contributed by atoms with Crippen molar-refractivity contribution in [1.82, 2.24) is 39.5 Å². The molecule has 2 saturated carbocycles. The summed E-state index contributed by atoms with van der Waals surface area (Å²) in [6.07, 6.45) is 12.7. The minimum atomic E-state index is -0.796. The van der Waals surface area contributed by atoms with Crippen molar-refractivity contribution < 1.29 is 28.4 Å². The number of anilines is 3. The van der Waals surface area contributed by atoms with Crippen molar-refractivity contribution in [3.05, 3.63) is 60.0 Å². The van der Waals surface area contributed by atoms with Gasteiger partial charge in [-0.25, -0.2) is 19.3 Å². The number of pyridine rings is 2. The van der Waals surface area contributed by atoms with Crippen LogP contribution in [0, 0.1) is 11.3 Å². The number of imidazole rings is 1. The molecule has 17 heteroatoms. The first kappa shape index (κ1) is 48.0. The number of piperidine rings is 5. The second kappa shape index (κ2) is 18.8. The smallest absolute Gasteiger partial charge is 0.238 e. The topological polar surface area (TPSA) is 169 Å². The maximum absolute atomic E-state index is 15.3. The van der Waals surface area contributed by atoms with E-state index in [0.29, 0.717) is 110 Å². The number of nitrogens with one attached hydrogen (secondary N) is 2. The Labute approximate surface area is 426 Å². The molecule has 2 aliphatic carbocycles. The van der Waals surface area contributed by atoms with Crippen molar-refractivity contribution >= 4 is 57.9 Å². The molecule has 0 unspecified atom stereocenters. The zero-order valence-electron chi connectivity index (χ0n) is 42.7. The summed E-state index contributed by atoms with van der Waals surface area (Å²) in [6.45, 7) is 11.2. The van der Waals surface area contributed by atoms with E-state index in [-0.39, 0.29) is 59.5 Å². The quantitative estimate of drug-likeness (QED) is 0.159. The van der Waals surface area contributed by atoms with Crippen molar-refractivity contribution in [3.63, 3.8) is 0 Å². The summed E-state index contributed by atoms with van der Waals surface area (Å²) in [5.41, 5.74) is 5.05. The number of hydrogen-bond acceptors (Lipinski definition) is 11. The fraction of sp³-hybridized carbons (Fsp3) is 0.607. The Kier molecular flexibility index (Phi) is 12.3. The Bertz CT molecular complexity index is 2820. The van der Waals surface area contributed by atoms with Crippen molar-refractivity contribution in [3.8, 4) is 11.3 Å². The van der Waals surface area contributed by atoms with Gasteiger partial charge in [0, 0.05) is 105 Å². The van der Waals surface area contributed by atoms with E-state index in [0.717, 1.165) is 89.4 Å². The number of carbonyl (C=O) groups excluding carboxylic acids is 5. The van der Waals surface area contributed by atoms with E-state index < -0.39 is 17.0 Å². The predicted octanol–water partition coefficient (Wildman–Crippen LogP) is 6.89. The summed E-state index contributed by atoms with van der Waals surface area (Å²) in [5, 5.41) is 6.11. The molecule has 2 atom stereocenters. The molecule has 5 saturated heterocycles. The van der Waals surface area contributed by atoms with Gasteiger partial charge in [-0.05, 0) is 133 Å². The number of nitrogens with zero attached hydrogens (tertiary/aromatic N) is 9. The van der Waals surface area contributed by atoms with Crippen LogP contribution in [0.25, 0.3) is 22.3 Å². The first-order chi connectivity index (χ1) is 35.2. The van der Waals surface area contributed by atoms with Gasteiger partial charge in [0.1, 0.15) is 17.5 Å². The molecular formula is C56H70FN11O5. The van der Waals surface area contributed by atoms with Gasteiger partial charge < -0.3 is 29.5 Å². The number of aromatic nitrogens is 4.